The van der Waals surface area contributed by atoms with Gasteiger partial charge in [0.15, 0.2) is 0 Å². The molecule has 2 saturated heterocycles. The summed E-state index contributed by atoms with van der Waals surface area (Å²) in [6, 6.07) is 3.78. The smallest absolute Gasteiger partial charge is 0.253 e. The molecule has 5 rings (SSSR count). The Morgan fingerprint density at radius 1 is 1.08 bits per heavy atom. The molecule has 4 aliphatic heterocycles. The van der Waals surface area contributed by atoms with Crippen molar-refractivity contribution < 1.29 is 24.2 Å². The summed E-state index contributed by atoms with van der Waals surface area (Å²) in [5, 5.41) is 11.0. The maximum atomic E-state index is 14.7. The highest BCUT2D eigenvalue weighted by atomic mass is 35.5. The summed E-state index contributed by atoms with van der Waals surface area (Å²) in [5.74, 6) is -2.63. The fourth-order valence-corrected chi connectivity index (χ4v) is 7.48. The van der Waals surface area contributed by atoms with Gasteiger partial charge in [0.1, 0.15) is 11.6 Å². The average molecular weight is 556 g/mol. The molecule has 2 fully saturated rings. The Balaban J connectivity index is 1.74. The molecule has 1 aromatic rings. The second-order valence-corrected chi connectivity index (χ2v) is 11.8. The third-order valence-electron chi connectivity index (χ3n) is 9.38. The van der Waals surface area contributed by atoms with Gasteiger partial charge in [-0.15, -0.1) is 0 Å². The van der Waals surface area contributed by atoms with Gasteiger partial charge < -0.3 is 24.5 Å². The van der Waals surface area contributed by atoms with E-state index in [9.17, 15) is 19.5 Å². The number of aryl methyl sites for hydroxylation is 1. The molecule has 1 N–H and O–H groups in total. The number of benzene rings is 1. The van der Waals surface area contributed by atoms with Crippen LogP contribution in [0.25, 0.3) is 0 Å². The highest BCUT2D eigenvalue weighted by molar-refractivity contribution is 6.34. The van der Waals surface area contributed by atoms with Crippen LogP contribution >= 0.6 is 11.6 Å². The molecule has 9 heteroatoms. The largest absolute Gasteiger partial charge is 0.394 e. The lowest BCUT2D eigenvalue weighted by Gasteiger charge is -2.42. The Morgan fingerprint density at radius 3 is 2.44 bits per heavy atom. The fourth-order valence-electron chi connectivity index (χ4n) is 7.16. The first-order chi connectivity index (χ1) is 18.6. The van der Waals surface area contributed by atoms with Crippen LogP contribution in [0.3, 0.4) is 0 Å². The number of rotatable bonds is 6. The minimum Gasteiger partial charge on any atom is -0.394 e. The summed E-state index contributed by atoms with van der Waals surface area (Å²) < 4.78 is 6.97. The molecule has 0 bridgehead atoms. The van der Waals surface area contributed by atoms with Crippen LogP contribution in [0, 0.1) is 24.7 Å². The van der Waals surface area contributed by atoms with Crippen molar-refractivity contribution in [1.29, 1.82) is 0 Å². The SMILES string of the molecule is CC[C@H](C)[C@H](CO)N1C(=O)[C@@H]2[C@@H]3C(=O)N(C)CC=C[C@]3(CC)O[C@@]23C=CCN(c2c(C)cccc2Cl)C(=O)C13. The zero-order valence-corrected chi connectivity index (χ0v) is 24.0. The van der Waals surface area contributed by atoms with Crippen molar-refractivity contribution in [2.45, 2.75) is 63.8 Å². The predicted molar refractivity (Wildman–Crippen MR) is 149 cm³/mol. The molecular weight excluding hydrogens is 518 g/mol. The number of ether oxygens (including phenoxy) is 1. The number of fused-ring (bicyclic) bond motifs is 2. The van der Waals surface area contributed by atoms with Crippen LogP contribution < -0.4 is 4.90 Å². The quantitative estimate of drug-likeness (QED) is 0.544. The molecule has 210 valence electrons. The van der Waals surface area contributed by atoms with Crippen molar-refractivity contribution in [3.05, 3.63) is 53.1 Å². The zero-order valence-electron chi connectivity index (χ0n) is 23.3. The van der Waals surface area contributed by atoms with Crippen LogP contribution in [0.2, 0.25) is 5.02 Å². The first kappa shape index (κ1) is 27.9. The third kappa shape index (κ3) is 3.90. The summed E-state index contributed by atoms with van der Waals surface area (Å²) in [5.41, 5.74) is -0.996. The van der Waals surface area contributed by atoms with E-state index in [1.54, 1.807) is 22.9 Å². The summed E-state index contributed by atoms with van der Waals surface area (Å²) in [6.07, 6.45) is 8.68. The topological polar surface area (TPSA) is 90.4 Å². The van der Waals surface area contributed by atoms with Crippen molar-refractivity contribution in [3.8, 4) is 0 Å². The van der Waals surface area contributed by atoms with Crippen molar-refractivity contribution >= 4 is 35.0 Å². The van der Waals surface area contributed by atoms with Crippen molar-refractivity contribution in [3.63, 3.8) is 0 Å². The average Bonchev–Trinajstić information content (AvgIpc) is 3.22. The first-order valence-corrected chi connectivity index (χ1v) is 14.3. The lowest BCUT2D eigenvalue weighted by molar-refractivity contribution is -0.153. The lowest BCUT2D eigenvalue weighted by atomic mass is 9.73. The minimum atomic E-state index is -1.38. The van der Waals surface area contributed by atoms with Gasteiger partial charge in [-0.1, -0.05) is 75.2 Å². The van der Waals surface area contributed by atoms with E-state index in [2.05, 4.69) is 0 Å². The van der Waals surface area contributed by atoms with Crippen LogP contribution in [0.5, 0.6) is 0 Å². The number of halogens is 1. The van der Waals surface area contributed by atoms with Gasteiger partial charge in [-0.3, -0.25) is 14.4 Å². The first-order valence-electron chi connectivity index (χ1n) is 13.9. The summed E-state index contributed by atoms with van der Waals surface area (Å²) >= 11 is 6.63. The Bertz CT molecular complexity index is 1230. The molecule has 1 unspecified atom stereocenters. The Kier molecular flexibility index (Phi) is 7.19. The molecule has 0 saturated carbocycles. The summed E-state index contributed by atoms with van der Waals surface area (Å²) in [7, 11) is 1.73. The number of hydrogen-bond acceptors (Lipinski definition) is 5. The number of anilines is 1. The number of likely N-dealkylation sites (tertiary alicyclic amines) is 1. The number of likely N-dealkylation sites (N-methyl/N-ethyl adjacent to an activating group) is 1. The van der Waals surface area contributed by atoms with Crippen LogP contribution in [0.4, 0.5) is 5.69 Å². The van der Waals surface area contributed by atoms with Gasteiger partial charge in [0.25, 0.3) is 5.91 Å². The molecule has 0 aliphatic carbocycles. The molecule has 1 spiro atoms. The number of nitrogens with zero attached hydrogens (tertiary/aromatic N) is 3. The van der Waals surface area contributed by atoms with Gasteiger partial charge in [-0.25, -0.2) is 0 Å². The Morgan fingerprint density at radius 2 is 1.79 bits per heavy atom. The Labute approximate surface area is 235 Å². The van der Waals surface area contributed by atoms with Crippen molar-refractivity contribution in [2.24, 2.45) is 17.8 Å². The minimum absolute atomic E-state index is 0.0892. The number of carbonyl (C=O) groups excluding carboxylic acids is 3. The van der Waals surface area contributed by atoms with Crippen LogP contribution in [0.15, 0.2) is 42.5 Å². The number of hydrogen-bond donors (Lipinski definition) is 1. The standard InChI is InChI=1S/C30H38ClN3O5/c1-6-18(3)21(17-35)34-25-28(38)33(24-19(4)11-8-12-20(24)31)16-10-14-30(25)23(27(34)37)22-26(36)32(5)15-9-13-29(22,7-2)39-30/h8-14,18,21-23,25,35H,6-7,15-17H2,1-5H3/t18-,21-,22+,23-,25?,29-,30-/m0/s1. The van der Waals surface area contributed by atoms with Crippen LogP contribution in [0.1, 0.15) is 39.2 Å². The second-order valence-electron chi connectivity index (χ2n) is 11.4. The van der Waals surface area contributed by atoms with Crippen molar-refractivity contribution in [2.75, 3.05) is 31.6 Å². The predicted octanol–water partition coefficient (Wildman–Crippen LogP) is 3.35. The van der Waals surface area contributed by atoms with E-state index >= 15 is 0 Å². The molecule has 7 atom stereocenters. The van der Waals surface area contributed by atoms with E-state index in [4.69, 9.17) is 16.3 Å². The van der Waals surface area contributed by atoms with Crippen molar-refractivity contribution in [1.82, 2.24) is 9.80 Å². The molecular formula is C30H38ClN3O5. The molecule has 8 nitrogen and oxygen atoms in total. The normalized spacial score (nSPS) is 33.6. The molecule has 0 aromatic heterocycles. The number of aliphatic hydroxyl groups excluding tert-OH is 1. The Hall–Kier alpha value is -2.68. The zero-order chi connectivity index (χ0) is 28.3. The van der Waals surface area contributed by atoms with Gasteiger partial charge in [0.2, 0.25) is 11.8 Å². The highest BCUT2D eigenvalue weighted by Gasteiger charge is 2.76. The monoisotopic (exact) mass is 555 g/mol. The summed E-state index contributed by atoms with van der Waals surface area (Å²) in [6.45, 7) is 8.15. The molecule has 4 aliphatic rings. The summed E-state index contributed by atoms with van der Waals surface area (Å²) in [4.78, 5) is 48.0. The van der Waals surface area contributed by atoms with E-state index in [1.807, 2.05) is 64.1 Å². The van der Waals surface area contributed by atoms with E-state index in [0.717, 1.165) is 5.56 Å². The molecule has 0 radical (unpaired) electrons. The number of amides is 3. The van der Waals surface area contributed by atoms with Gasteiger partial charge in [-0.2, -0.15) is 0 Å². The fraction of sp³-hybridized carbons (Fsp3) is 0.567. The van der Waals surface area contributed by atoms with Gasteiger partial charge in [0, 0.05) is 20.1 Å². The molecule has 3 amide bonds. The third-order valence-corrected chi connectivity index (χ3v) is 9.69. The number of para-hydroxylation sites is 1. The number of aliphatic hydroxyl groups is 1. The van der Waals surface area contributed by atoms with Gasteiger partial charge in [-0.05, 0) is 30.9 Å². The lowest BCUT2D eigenvalue weighted by Crippen LogP contribution is -2.60. The van der Waals surface area contributed by atoms with Gasteiger partial charge in [0.05, 0.1) is 40.8 Å². The van der Waals surface area contributed by atoms with E-state index in [1.165, 1.54) is 4.90 Å². The van der Waals surface area contributed by atoms with Crippen LogP contribution in [-0.4, -0.2) is 82.7 Å². The molecule has 39 heavy (non-hydrogen) atoms. The maximum absolute atomic E-state index is 14.7. The molecule has 4 heterocycles. The second kappa shape index (κ2) is 10.1. The van der Waals surface area contributed by atoms with Crippen LogP contribution in [-0.2, 0) is 19.1 Å². The van der Waals surface area contributed by atoms with E-state index in [-0.39, 0.29) is 36.8 Å². The highest BCUT2D eigenvalue weighted by Crippen LogP contribution is 2.59. The van der Waals surface area contributed by atoms with Gasteiger partial charge >= 0.3 is 0 Å². The maximum Gasteiger partial charge on any atom is 0.253 e. The van der Waals surface area contributed by atoms with E-state index in [0.29, 0.717) is 30.1 Å². The number of carbonyl (C=O) groups is 3. The van der Waals surface area contributed by atoms with E-state index < -0.39 is 35.1 Å². The molecule has 1 aromatic carbocycles.